The van der Waals surface area contributed by atoms with Crippen LogP contribution >= 0.6 is 11.6 Å². The lowest BCUT2D eigenvalue weighted by atomic mass is 10.3. The van der Waals surface area contributed by atoms with Gasteiger partial charge in [0, 0.05) is 13.2 Å². The molecule has 0 radical (unpaired) electrons. The second kappa shape index (κ2) is 8.57. The second-order valence-corrected chi connectivity index (χ2v) is 6.03. The lowest BCUT2D eigenvalue weighted by molar-refractivity contribution is 0.0527. The molecule has 1 aromatic carbocycles. The average molecular weight is 404 g/mol. The summed E-state index contributed by atoms with van der Waals surface area (Å²) in [7, 11) is 1.61. The molecule has 0 saturated heterocycles. The van der Waals surface area contributed by atoms with E-state index in [1.165, 1.54) is 27.8 Å². The summed E-state index contributed by atoms with van der Waals surface area (Å²) >= 11 is 6.06. The van der Waals surface area contributed by atoms with Gasteiger partial charge >= 0.3 is 5.97 Å². The third-order valence-corrected chi connectivity index (χ3v) is 4.11. The van der Waals surface area contributed by atoms with Crippen LogP contribution < -0.4 is 10.1 Å². The first kappa shape index (κ1) is 19.4. The van der Waals surface area contributed by atoms with E-state index in [4.69, 9.17) is 21.1 Å². The number of para-hydroxylation sites is 1. The second-order valence-electron chi connectivity index (χ2n) is 5.62. The van der Waals surface area contributed by atoms with E-state index in [0.29, 0.717) is 10.8 Å². The van der Waals surface area contributed by atoms with Gasteiger partial charge in [-0.2, -0.15) is 10.2 Å². The normalized spacial score (nSPS) is 10.5. The molecule has 0 aliphatic rings. The predicted octanol–water partition coefficient (Wildman–Crippen LogP) is 2.74. The van der Waals surface area contributed by atoms with Gasteiger partial charge in [0.2, 0.25) is 0 Å². The standard InChI is InChI=1S/C18H18ClN5O4/c1-3-27-18(26)12-10-21-23(2)16(12)22-17(25)14-8-9-20-24(14)11-28-15-7-5-4-6-13(15)19/h4-10H,3,11H2,1-2H3,(H,22,25). The van der Waals surface area contributed by atoms with Gasteiger partial charge in [-0.3, -0.25) is 9.48 Å². The molecule has 9 nitrogen and oxygen atoms in total. The van der Waals surface area contributed by atoms with Crippen LogP contribution in [-0.4, -0.2) is 38.0 Å². The molecule has 0 fully saturated rings. The van der Waals surface area contributed by atoms with E-state index in [1.54, 1.807) is 38.2 Å². The molecule has 0 aliphatic heterocycles. The largest absolute Gasteiger partial charge is 0.470 e. The number of carbonyl (C=O) groups is 2. The van der Waals surface area contributed by atoms with Crippen molar-refractivity contribution in [1.29, 1.82) is 0 Å². The van der Waals surface area contributed by atoms with Crippen molar-refractivity contribution < 1.29 is 19.1 Å². The van der Waals surface area contributed by atoms with E-state index in [9.17, 15) is 9.59 Å². The summed E-state index contributed by atoms with van der Waals surface area (Å²) in [5.41, 5.74) is 0.402. The number of aromatic nitrogens is 4. The molecule has 146 valence electrons. The zero-order valence-corrected chi connectivity index (χ0v) is 16.0. The monoisotopic (exact) mass is 403 g/mol. The predicted molar refractivity (Wildman–Crippen MR) is 101 cm³/mol. The third kappa shape index (κ3) is 4.15. The van der Waals surface area contributed by atoms with Crippen LogP contribution in [0.2, 0.25) is 5.02 Å². The van der Waals surface area contributed by atoms with Gasteiger partial charge in [-0.15, -0.1) is 0 Å². The summed E-state index contributed by atoms with van der Waals surface area (Å²) in [6.07, 6.45) is 2.81. The molecular formula is C18H18ClN5O4. The van der Waals surface area contributed by atoms with Gasteiger partial charge in [-0.1, -0.05) is 23.7 Å². The Morgan fingerprint density at radius 1 is 1.21 bits per heavy atom. The van der Waals surface area contributed by atoms with Crippen molar-refractivity contribution in [2.45, 2.75) is 13.7 Å². The number of rotatable bonds is 7. The van der Waals surface area contributed by atoms with Crippen LogP contribution in [-0.2, 0) is 18.5 Å². The van der Waals surface area contributed by atoms with Gasteiger partial charge in [-0.25, -0.2) is 9.48 Å². The Hall–Kier alpha value is -3.33. The minimum atomic E-state index is -0.568. The summed E-state index contributed by atoms with van der Waals surface area (Å²) < 4.78 is 13.4. The number of esters is 1. The van der Waals surface area contributed by atoms with Gasteiger partial charge in [-0.05, 0) is 25.1 Å². The summed E-state index contributed by atoms with van der Waals surface area (Å²) in [6, 6.07) is 8.53. The van der Waals surface area contributed by atoms with Crippen molar-refractivity contribution in [3.8, 4) is 5.75 Å². The lowest BCUT2D eigenvalue weighted by Gasteiger charge is -2.11. The zero-order valence-electron chi connectivity index (χ0n) is 15.3. The number of halogens is 1. The SMILES string of the molecule is CCOC(=O)c1cnn(C)c1NC(=O)c1ccnn1COc1ccccc1Cl. The highest BCUT2D eigenvalue weighted by Crippen LogP contribution is 2.23. The van der Waals surface area contributed by atoms with E-state index in [-0.39, 0.29) is 30.4 Å². The fraction of sp³-hybridized carbons (Fsp3) is 0.222. The average Bonchev–Trinajstić information content (AvgIpc) is 3.28. The van der Waals surface area contributed by atoms with E-state index >= 15 is 0 Å². The van der Waals surface area contributed by atoms with Crippen LogP contribution in [0.4, 0.5) is 5.82 Å². The minimum absolute atomic E-state index is 0.0182. The molecule has 10 heteroatoms. The van der Waals surface area contributed by atoms with Gasteiger partial charge in [0.1, 0.15) is 22.8 Å². The molecule has 3 aromatic rings. The van der Waals surface area contributed by atoms with E-state index in [2.05, 4.69) is 15.5 Å². The zero-order chi connectivity index (χ0) is 20.1. The van der Waals surface area contributed by atoms with Gasteiger partial charge < -0.3 is 14.8 Å². The molecule has 28 heavy (non-hydrogen) atoms. The first-order valence-electron chi connectivity index (χ1n) is 8.41. The number of nitrogens with zero attached hydrogens (tertiary/aromatic N) is 4. The molecule has 1 N–H and O–H groups in total. The Balaban J connectivity index is 1.75. The van der Waals surface area contributed by atoms with Crippen LogP contribution in [0.5, 0.6) is 5.75 Å². The molecular weight excluding hydrogens is 386 g/mol. The van der Waals surface area contributed by atoms with E-state index in [0.717, 1.165) is 0 Å². The molecule has 2 aromatic heterocycles. The number of aryl methyl sites for hydroxylation is 1. The van der Waals surface area contributed by atoms with Crippen molar-refractivity contribution >= 4 is 29.3 Å². The summed E-state index contributed by atoms with van der Waals surface area (Å²) in [6.45, 7) is 1.90. The highest BCUT2D eigenvalue weighted by atomic mass is 35.5. The van der Waals surface area contributed by atoms with Crippen LogP contribution in [0, 0.1) is 0 Å². The number of hydrogen-bond acceptors (Lipinski definition) is 6. The smallest absolute Gasteiger partial charge is 0.343 e. The Bertz CT molecular complexity index is 998. The molecule has 0 bridgehead atoms. The van der Waals surface area contributed by atoms with Crippen LogP contribution in [0.15, 0.2) is 42.7 Å². The fourth-order valence-electron chi connectivity index (χ4n) is 2.44. The maximum Gasteiger partial charge on any atom is 0.343 e. The van der Waals surface area contributed by atoms with Gasteiger partial charge in [0.05, 0.1) is 17.8 Å². The third-order valence-electron chi connectivity index (χ3n) is 3.79. The number of carbonyl (C=O) groups excluding carboxylic acids is 2. The summed E-state index contributed by atoms with van der Waals surface area (Å²) in [5, 5.41) is 11.2. The van der Waals surface area contributed by atoms with Gasteiger partial charge in [0.25, 0.3) is 5.91 Å². The van der Waals surface area contributed by atoms with E-state index in [1.807, 2.05) is 0 Å². The highest BCUT2D eigenvalue weighted by Gasteiger charge is 2.21. The van der Waals surface area contributed by atoms with Crippen molar-refractivity contribution in [3.05, 3.63) is 59.0 Å². The number of amides is 1. The van der Waals surface area contributed by atoms with Crippen molar-refractivity contribution in [3.63, 3.8) is 0 Å². The molecule has 3 rings (SSSR count). The minimum Gasteiger partial charge on any atom is -0.470 e. The lowest BCUT2D eigenvalue weighted by Crippen LogP contribution is -2.22. The van der Waals surface area contributed by atoms with Crippen LogP contribution in [0.3, 0.4) is 0 Å². The molecule has 0 unspecified atom stereocenters. The van der Waals surface area contributed by atoms with Crippen molar-refractivity contribution in [2.24, 2.45) is 7.05 Å². The van der Waals surface area contributed by atoms with Crippen molar-refractivity contribution in [1.82, 2.24) is 19.6 Å². The van der Waals surface area contributed by atoms with Crippen molar-refractivity contribution in [2.75, 3.05) is 11.9 Å². The number of hydrogen-bond donors (Lipinski definition) is 1. The molecule has 0 saturated carbocycles. The van der Waals surface area contributed by atoms with Crippen LogP contribution in [0.25, 0.3) is 0 Å². The molecule has 0 aliphatic carbocycles. The summed E-state index contributed by atoms with van der Waals surface area (Å²) in [4.78, 5) is 24.7. The maximum atomic E-state index is 12.7. The van der Waals surface area contributed by atoms with E-state index < -0.39 is 11.9 Å². The Kier molecular flexibility index (Phi) is 5.95. The number of anilines is 1. The Labute approximate surface area is 165 Å². The highest BCUT2D eigenvalue weighted by molar-refractivity contribution is 6.32. The Morgan fingerprint density at radius 2 is 2.00 bits per heavy atom. The first-order valence-corrected chi connectivity index (χ1v) is 8.78. The number of ether oxygens (including phenoxy) is 2. The maximum absolute atomic E-state index is 12.7. The van der Waals surface area contributed by atoms with Crippen LogP contribution in [0.1, 0.15) is 27.8 Å². The molecule has 0 spiro atoms. The molecule has 0 atom stereocenters. The van der Waals surface area contributed by atoms with Gasteiger partial charge in [0.15, 0.2) is 6.73 Å². The molecule has 2 heterocycles. The molecule has 1 amide bonds. The fourth-order valence-corrected chi connectivity index (χ4v) is 2.63. The topological polar surface area (TPSA) is 100 Å². The summed E-state index contributed by atoms with van der Waals surface area (Å²) in [5.74, 6) is -0.346. The quantitative estimate of drug-likeness (QED) is 0.609. The number of benzene rings is 1. The first-order chi connectivity index (χ1) is 13.5. The number of nitrogens with one attached hydrogen (secondary N) is 1. The Morgan fingerprint density at radius 3 is 2.75 bits per heavy atom.